The number of alkyl halides is 3. The Morgan fingerprint density at radius 1 is 1.27 bits per heavy atom. The van der Waals surface area contributed by atoms with Crippen molar-refractivity contribution in [3.05, 3.63) is 59.5 Å². The van der Waals surface area contributed by atoms with E-state index in [0.717, 1.165) is 17.7 Å². The summed E-state index contributed by atoms with van der Waals surface area (Å²) in [7, 11) is 1.72. The summed E-state index contributed by atoms with van der Waals surface area (Å²) >= 11 is 0. The number of hydrogen-bond donors (Lipinski definition) is 1. The summed E-state index contributed by atoms with van der Waals surface area (Å²) in [5, 5.41) is 6.91. The molecule has 0 bridgehead atoms. The van der Waals surface area contributed by atoms with Crippen molar-refractivity contribution in [1.82, 2.24) is 9.78 Å². The van der Waals surface area contributed by atoms with Gasteiger partial charge < -0.3 is 9.73 Å². The van der Waals surface area contributed by atoms with E-state index in [9.17, 15) is 18.0 Å². The van der Waals surface area contributed by atoms with Crippen LogP contribution in [-0.4, -0.2) is 15.7 Å². The highest BCUT2D eigenvalue weighted by atomic mass is 19.4. The van der Waals surface area contributed by atoms with E-state index in [1.807, 2.05) is 0 Å². The molecular formula is C18H14F3N3O2. The Labute approximate surface area is 146 Å². The molecule has 0 radical (unpaired) electrons. The van der Waals surface area contributed by atoms with Gasteiger partial charge in [-0.05, 0) is 24.3 Å². The lowest BCUT2D eigenvalue weighted by Crippen LogP contribution is -2.24. The molecule has 8 heteroatoms. The number of aromatic nitrogens is 2. The maximum atomic E-state index is 12.9. The molecule has 134 valence electrons. The quantitative estimate of drug-likeness (QED) is 0.745. The van der Waals surface area contributed by atoms with Crippen LogP contribution in [0.25, 0.3) is 11.3 Å². The molecule has 1 aromatic carbocycles. The number of carbonyl (C=O) groups is 1. The average Bonchev–Trinajstić information content (AvgIpc) is 3.22. The number of benzene rings is 1. The molecule has 2 aromatic heterocycles. The van der Waals surface area contributed by atoms with Gasteiger partial charge in [0.05, 0.1) is 17.7 Å². The predicted molar refractivity (Wildman–Crippen MR) is 87.4 cm³/mol. The number of furan rings is 1. The molecule has 0 fully saturated rings. The summed E-state index contributed by atoms with van der Waals surface area (Å²) in [6.07, 6.45) is -2.57. The molecule has 4 rings (SSSR count). The van der Waals surface area contributed by atoms with E-state index in [1.165, 1.54) is 6.07 Å². The first-order valence-corrected chi connectivity index (χ1v) is 7.92. The van der Waals surface area contributed by atoms with Gasteiger partial charge in [-0.15, -0.1) is 0 Å². The molecule has 26 heavy (non-hydrogen) atoms. The molecule has 1 atom stereocenters. The second-order valence-electron chi connectivity index (χ2n) is 6.16. The number of amides is 1. The second kappa shape index (κ2) is 5.76. The summed E-state index contributed by atoms with van der Waals surface area (Å²) in [5.74, 6) is 0.947. The minimum Gasteiger partial charge on any atom is -0.460 e. The lowest BCUT2D eigenvalue weighted by molar-refractivity contribution is -0.137. The zero-order valence-electron chi connectivity index (χ0n) is 13.7. The van der Waals surface area contributed by atoms with Crippen molar-refractivity contribution in [3.8, 4) is 11.3 Å². The number of aryl methyl sites for hydroxylation is 1. The maximum absolute atomic E-state index is 12.9. The molecular weight excluding hydrogens is 347 g/mol. The van der Waals surface area contributed by atoms with Crippen LogP contribution in [0.15, 0.2) is 47.0 Å². The van der Waals surface area contributed by atoms with Crippen molar-refractivity contribution >= 4 is 11.7 Å². The molecule has 1 amide bonds. The van der Waals surface area contributed by atoms with E-state index in [4.69, 9.17) is 4.42 Å². The molecule has 5 nitrogen and oxygen atoms in total. The predicted octanol–water partition coefficient (Wildman–Crippen LogP) is 4.17. The van der Waals surface area contributed by atoms with Crippen molar-refractivity contribution in [2.24, 2.45) is 7.05 Å². The largest absolute Gasteiger partial charge is 0.460 e. The highest BCUT2D eigenvalue weighted by Gasteiger charge is 2.32. The molecule has 0 saturated carbocycles. The molecule has 3 aromatic rings. The molecule has 1 aliphatic rings. The maximum Gasteiger partial charge on any atom is 0.416 e. The molecule has 0 aliphatic carbocycles. The molecule has 1 N–H and O–H groups in total. The Morgan fingerprint density at radius 2 is 2.08 bits per heavy atom. The van der Waals surface area contributed by atoms with Crippen molar-refractivity contribution in [2.45, 2.75) is 18.5 Å². The third kappa shape index (κ3) is 2.77. The number of nitrogens with zero attached hydrogens (tertiary/aromatic N) is 2. The highest BCUT2D eigenvalue weighted by molar-refractivity contribution is 5.94. The van der Waals surface area contributed by atoms with Gasteiger partial charge in [0.2, 0.25) is 5.91 Å². The summed E-state index contributed by atoms with van der Waals surface area (Å²) in [6, 6.07) is 8.27. The van der Waals surface area contributed by atoms with Gasteiger partial charge in [-0.2, -0.15) is 18.3 Å². The fourth-order valence-electron chi connectivity index (χ4n) is 3.14. The number of rotatable bonds is 2. The third-order valence-corrected chi connectivity index (χ3v) is 4.43. The number of halogens is 3. The first-order chi connectivity index (χ1) is 12.3. The van der Waals surface area contributed by atoms with E-state index < -0.39 is 11.7 Å². The molecule has 0 unspecified atom stereocenters. The Hall–Kier alpha value is -3.03. The third-order valence-electron chi connectivity index (χ3n) is 4.43. The Balaban J connectivity index is 1.70. The number of nitrogens with one attached hydrogen (secondary N) is 1. The average molecular weight is 361 g/mol. The van der Waals surface area contributed by atoms with Crippen LogP contribution in [0.4, 0.5) is 19.0 Å². The van der Waals surface area contributed by atoms with Gasteiger partial charge in [0.1, 0.15) is 17.3 Å². The Kier molecular flexibility index (Phi) is 3.64. The van der Waals surface area contributed by atoms with E-state index in [2.05, 4.69) is 10.4 Å². The standard InChI is InChI=1S/C18H14F3N3O2/c1-24-17-13(9-22-24)12(8-16(25)23-17)15-6-5-14(26-15)10-3-2-4-11(7-10)18(19,20)21/h2-7,9,12H,8H2,1H3,(H,23,25)/t12-/m1/s1. The first-order valence-electron chi connectivity index (χ1n) is 7.92. The number of carbonyl (C=O) groups excluding carboxylic acids is 1. The molecule has 0 saturated heterocycles. The topological polar surface area (TPSA) is 60.1 Å². The fourth-order valence-corrected chi connectivity index (χ4v) is 3.14. The van der Waals surface area contributed by atoms with Gasteiger partial charge in [0, 0.05) is 24.6 Å². The molecule has 0 spiro atoms. The van der Waals surface area contributed by atoms with E-state index >= 15 is 0 Å². The summed E-state index contributed by atoms with van der Waals surface area (Å²) in [5.41, 5.74) is 0.411. The van der Waals surface area contributed by atoms with E-state index in [0.29, 0.717) is 22.9 Å². The van der Waals surface area contributed by atoms with Gasteiger partial charge in [0.25, 0.3) is 0 Å². The zero-order valence-corrected chi connectivity index (χ0v) is 13.7. The van der Waals surface area contributed by atoms with Crippen molar-refractivity contribution < 1.29 is 22.4 Å². The minimum atomic E-state index is -4.42. The summed E-state index contributed by atoms with van der Waals surface area (Å²) in [4.78, 5) is 12.0. The fraction of sp³-hybridized carbons (Fsp3) is 0.222. The van der Waals surface area contributed by atoms with Crippen LogP contribution in [0.2, 0.25) is 0 Å². The van der Waals surface area contributed by atoms with Gasteiger partial charge >= 0.3 is 6.18 Å². The van der Waals surface area contributed by atoms with Crippen molar-refractivity contribution in [3.63, 3.8) is 0 Å². The van der Waals surface area contributed by atoms with Gasteiger partial charge in [-0.25, -0.2) is 0 Å². The lowest BCUT2D eigenvalue weighted by atomic mass is 9.92. The monoisotopic (exact) mass is 361 g/mol. The van der Waals surface area contributed by atoms with Crippen LogP contribution >= 0.6 is 0 Å². The smallest absolute Gasteiger partial charge is 0.416 e. The van der Waals surface area contributed by atoms with Gasteiger partial charge in [0.15, 0.2) is 0 Å². The second-order valence-corrected chi connectivity index (χ2v) is 6.16. The highest BCUT2D eigenvalue weighted by Crippen LogP contribution is 2.39. The first kappa shape index (κ1) is 16.4. The van der Waals surface area contributed by atoms with Crippen LogP contribution in [0, 0.1) is 0 Å². The van der Waals surface area contributed by atoms with Crippen LogP contribution in [-0.2, 0) is 18.0 Å². The zero-order chi connectivity index (χ0) is 18.5. The van der Waals surface area contributed by atoms with Gasteiger partial charge in [-0.1, -0.05) is 12.1 Å². The van der Waals surface area contributed by atoms with Gasteiger partial charge in [-0.3, -0.25) is 9.48 Å². The Morgan fingerprint density at radius 3 is 2.85 bits per heavy atom. The van der Waals surface area contributed by atoms with E-state index in [-0.39, 0.29) is 18.2 Å². The number of hydrogen-bond acceptors (Lipinski definition) is 3. The number of anilines is 1. The Bertz CT molecular complexity index is 988. The number of fused-ring (bicyclic) bond motifs is 1. The van der Waals surface area contributed by atoms with Crippen LogP contribution in [0.1, 0.15) is 29.2 Å². The summed E-state index contributed by atoms with van der Waals surface area (Å²) < 4.78 is 46.1. The normalized spacial score (nSPS) is 17.1. The van der Waals surface area contributed by atoms with Crippen molar-refractivity contribution in [1.29, 1.82) is 0 Å². The van der Waals surface area contributed by atoms with E-state index in [1.54, 1.807) is 36.1 Å². The van der Waals surface area contributed by atoms with Crippen LogP contribution in [0.5, 0.6) is 0 Å². The van der Waals surface area contributed by atoms with Crippen molar-refractivity contribution in [2.75, 3.05) is 5.32 Å². The molecule has 3 heterocycles. The summed E-state index contributed by atoms with van der Waals surface area (Å²) in [6.45, 7) is 0. The SMILES string of the molecule is Cn1ncc2c1NC(=O)C[C@H]2c1ccc(-c2cccc(C(F)(F)F)c2)o1. The lowest BCUT2D eigenvalue weighted by Gasteiger charge is -2.21. The minimum absolute atomic E-state index is 0.164. The molecule has 1 aliphatic heterocycles. The van der Waals surface area contributed by atoms with Crippen LogP contribution < -0.4 is 5.32 Å². The van der Waals surface area contributed by atoms with Crippen LogP contribution in [0.3, 0.4) is 0 Å².